The summed E-state index contributed by atoms with van der Waals surface area (Å²) in [6.45, 7) is 10.7. The number of hydrogen-bond acceptors (Lipinski definition) is 5. The normalized spacial score (nSPS) is 20.4. The van der Waals surface area contributed by atoms with Crippen molar-refractivity contribution < 1.29 is 14.3 Å². The first-order valence-corrected chi connectivity index (χ1v) is 9.45. The molecule has 2 atom stereocenters. The molecule has 148 valence electrons. The first-order chi connectivity index (χ1) is 12.5. The van der Waals surface area contributed by atoms with Crippen LogP contribution in [0.25, 0.3) is 0 Å². The lowest BCUT2D eigenvalue weighted by atomic mass is 9.93. The van der Waals surface area contributed by atoms with E-state index in [0.29, 0.717) is 43.4 Å². The van der Waals surface area contributed by atoms with Gasteiger partial charge in [-0.25, -0.2) is 0 Å². The van der Waals surface area contributed by atoms with E-state index in [2.05, 4.69) is 16.9 Å². The van der Waals surface area contributed by atoms with E-state index in [1.165, 1.54) is 12.5 Å². The second-order valence-corrected chi connectivity index (χ2v) is 6.76. The largest absolute Gasteiger partial charge is 0.484 e. The summed E-state index contributed by atoms with van der Waals surface area (Å²) in [6, 6.07) is 0.429. The Morgan fingerprint density at radius 1 is 1.35 bits per heavy atom. The molecule has 1 N–H and O–H groups in total. The van der Waals surface area contributed by atoms with Crippen molar-refractivity contribution in [1.82, 2.24) is 10.2 Å². The van der Waals surface area contributed by atoms with Crippen LogP contribution in [-0.2, 0) is 14.3 Å². The second kappa shape index (κ2) is 11.9. The Bertz CT molecular complexity index is 518. The van der Waals surface area contributed by atoms with E-state index in [1.807, 2.05) is 20.8 Å². The van der Waals surface area contributed by atoms with Crippen molar-refractivity contribution >= 4 is 11.8 Å². The standard InChI is InChI=1S/C20H35N3O3/c1-7-18(26-6)22-20(15(3)4)23(19(24)8-2)13-12-21-16-10-9-11-17(14-16)25-5/h8,16-17,21H,2,7,9-14H2,1,3-6H3/b22-18+. The zero-order valence-corrected chi connectivity index (χ0v) is 17.0. The van der Waals surface area contributed by atoms with Gasteiger partial charge in [-0.05, 0) is 51.2 Å². The van der Waals surface area contributed by atoms with Gasteiger partial charge in [-0.2, -0.15) is 4.99 Å². The van der Waals surface area contributed by atoms with Crippen molar-refractivity contribution in [2.75, 3.05) is 27.3 Å². The van der Waals surface area contributed by atoms with Gasteiger partial charge in [-0.3, -0.25) is 9.69 Å². The van der Waals surface area contributed by atoms with Crippen LogP contribution in [-0.4, -0.2) is 56.2 Å². The van der Waals surface area contributed by atoms with Crippen molar-refractivity contribution in [1.29, 1.82) is 0 Å². The van der Waals surface area contributed by atoms with Gasteiger partial charge in [0.25, 0.3) is 5.91 Å². The minimum atomic E-state index is -0.156. The fourth-order valence-corrected chi connectivity index (χ4v) is 3.18. The number of rotatable bonds is 9. The van der Waals surface area contributed by atoms with Gasteiger partial charge in [-0.1, -0.05) is 13.5 Å². The number of nitrogens with one attached hydrogen (secondary N) is 1. The molecule has 1 fully saturated rings. The maximum atomic E-state index is 12.4. The number of carbonyl (C=O) groups is 1. The third-order valence-electron chi connectivity index (χ3n) is 4.64. The van der Waals surface area contributed by atoms with E-state index >= 15 is 0 Å². The molecule has 1 aliphatic carbocycles. The Morgan fingerprint density at radius 2 is 2.08 bits per heavy atom. The number of amides is 1. The van der Waals surface area contributed by atoms with Crippen LogP contribution in [0.3, 0.4) is 0 Å². The Balaban J connectivity index is 2.80. The molecule has 6 heteroatoms. The number of hydrogen-bond donors (Lipinski definition) is 1. The molecule has 6 nitrogen and oxygen atoms in total. The predicted octanol–water partition coefficient (Wildman–Crippen LogP) is 3.25. The zero-order valence-electron chi connectivity index (χ0n) is 17.0. The molecule has 0 radical (unpaired) electrons. The van der Waals surface area contributed by atoms with Crippen molar-refractivity contribution in [2.45, 2.75) is 65.0 Å². The first kappa shape index (κ1) is 22.4. The van der Waals surface area contributed by atoms with Gasteiger partial charge in [0, 0.05) is 32.7 Å². The van der Waals surface area contributed by atoms with Gasteiger partial charge in [0.05, 0.1) is 13.2 Å². The summed E-state index contributed by atoms with van der Waals surface area (Å²) in [6.07, 6.45) is 6.79. The van der Waals surface area contributed by atoms with Crippen molar-refractivity contribution in [3.8, 4) is 0 Å². The fraction of sp³-hybridized carbons (Fsp3) is 0.700. The van der Waals surface area contributed by atoms with E-state index in [4.69, 9.17) is 9.47 Å². The van der Waals surface area contributed by atoms with Crippen LogP contribution in [0, 0.1) is 0 Å². The summed E-state index contributed by atoms with van der Waals surface area (Å²) in [7, 11) is 3.37. The van der Waals surface area contributed by atoms with Crippen LogP contribution >= 0.6 is 0 Å². The molecule has 0 spiro atoms. The summed E-state index contributed by atoms with van der Waals surface area (Å²) < 4.78 is 10.8. The van der Waals surface area contributed by atoms with Gasteiger partial charge >= 0.3 is 0 Å². The number of aliphatic imine (C=N–C) groups is 1. The molecule has 0 saturated heterocycles. The molecule has 1 amide bonds. The molecule has 1 rings (SSSR count). The van der Waals surface area contributed by atoms with Crippen molar-refractivity contribution in [3.05, 3.63) is 24.0 Å². The average molecular weight is 366 g/mol. The van der Waals surface area contributed by atoms with Gasteiger partial charge in [0.15, 0.2) is 5.90 Å². The van der Waals surface area contributed by atoms with Crippen LogP contribution in [0.5, 0.6) is 0 Å². The monoisotopic (exact) mass is 365 g/mol. The summed E-state index contributed by atoms with van der Waals surface area (Å²) in [5, 5.41) is 3.56. The fourth-order valence-electron chi connectivity index (χ4n) is 3.18. The predicted molar refractivity (Wildman–Crippen MR) is 106 cm³/mol. The van der Waals surface area contributed by atoms with Crippen LogP contribution < -0.4 is 5.32 Å². The highest BCUT2D eigenvalue weighted by atomic mass is 16.5. The zero-order chi connectivity index (χ0) is 19.5. The summed E-state index contributed by atoms with van der Waals surface area (Å²) in [4.78, 5) is 18.6. The summed E-state index contributed by atoms with van der Waals surface area (Å²) in [5.41, 5.74) is 0.959. The SMILES string of the molecule is C=CC(=O)N(CCNC1CCCC(OC)C1)C(/N=C(\CC)OC)=C(C)C. The van der Waals surface area contributed by atoms with Crippen LogP contribution in [0.4, 0.5) is 0 Å². The van der Waals surface area contributed by atoms with E-state index in [1.54, 1.807) is 19.1 Å². The summed E-state index contributed by atoms with van der Waals surface area (Å²) >= 11 is 0. The number of allylic oxidation sites excluding steroid dienone is 1. The third kappa shape index (κ3) is 6.92. The Morgan fingerprint density at radius 3 is 2.62 bits per heavy atom. The average Bonchev–Trinajstić information content (AvgIpc) is 2.66. The van der Waals surface area contributed by atoms with E-state index in [-0.39, 0.29) is 5.91 Å². The van der Waals surface area contributed by atoms with Gasteiger partial charge in [-0.15, -0.1) is 0 Å². The maximum absolute atomic E-state index is 12.4. The van der Waals surface area contributed by atoms with E-state index in [9.17, 15) is 4.79 Å². The molecule has 0 bridgehead atoms. The molecule has 1 saturated carbocycles. The Hall–Kier alpha value is -1.66. The minimum absolute atomic E-state index is 0.156. The highest BCUT2D eigenvalue weighted by Gasteiger charge is 2.22. The van der Waals surface area contributed by atoms with Gasteiger partial charge < -0.3 is 14.8 Å². The number of ether oxygens (including phenoxy) is 2. The lowest BCUT2D eigenvalue weighted by molar-refractivity contribution is -0.124. The number of nitrogens with zero attached hydrogens (tertiary/aromatic N) is 2. The van der Waals surface area contributed by atoms with Gasteiger partial charge in [0.1, 0.15) is 5.82 Å². The molecule has 0 aromatic carbocycles. The smallest absolute Gasteiger partial charge is 0.251 e. The van der Waals surface area contributed by atoms with E-state index < -0.39 is 0 Å². The molecule has 0 aromatic heterocycles. The number of carbonyl (C=O) groups excluding carboxylic acids is 1. The van der Waals surface area contributed by atoms with Crippen LogP contribution in [0.15, 0.2) is 29.0 Å². The van der Waals surface area contributed by atoms with Crippen molar-refractivity contribution in [2.24, 2.45) is 4.99 Å². The van der Waals surface area contributed by atoms with Crippen LogP contribution in [0.1, 0.15) is 52.9 Å². The lowest BCUT2D eigenvalue weighted by Crippen LogP contribution is -2.42. The third-order valence-corrected chi connectivity index (χ3v) is 4.64. The molecule has 0 aliphatic heterocycles. The molecular formula is C20H35N3O3. The second-order valence-electron chi connectivity index (χ2n) is 6.76. The molecule has 0 aromatic rings. The molecular weight excluding hydrogens is 330 g/mol. The topological polar surface area (TPSA) is 63.2 Å². The molecule has 1 aliphatic rings. The Labute approximate surface area is 158 Å². The Kier molecular flexibility index (Phi) is 10.2. The highest BCUT2D eigenvalue weighted by molar-refractivity contribution is 5.89. The molecule has 0 heterocycles. The molecule has 2 unspecified atom stereocenters. The van der Waals surface area contributed by atoms with Crippen LogP contribution in [0.2, 0.25) is 0 Å². The molecule has 26 heavy (non-hydrogen) atoms. The quantitative estimate of drug-likeness (QED) is 0.387. The van der Waals surface area contributed by atoms with E-state index in [0.717, 1.165) is 24.8 Å². The lowest BCUT2D eigenvalue weighted by Gasteiger charge is -2.30. The maximum Gasteiger partial charge on any atom is 0.251 e. The summed E-state index contributed by atoms with van der Waals surface area (Å²) in [5.74, 6) is 1.08. The number of methoxy groups -OCH3 is 2. The first-order valence-electron chi connectivity index (χ1n) is 9.45. The van der Waals surface area contributed by atoms with Crippen molar-refractivity contribution in [3.63, 3.8) is 0 Å². The van der Waals surface area contributed by atoms with Gasteiger partial charge in [0.2, 0.25) is 0 Å². The highest BCUT2D eigenvalue weighted by Crippen LogP contribution is 2.20. The minimum Gasteiger partial charge on any atom is -0.484 e.